The highest BCUT2D eigenvalue weighted by Gasteiger charge is 2.14. The lowest BCUT2D eigenvalue weighted by atomic mass is 10.2. The molecule has 180 valence electrons. The number of esters is 1. The largest absolute Gasteiger partial charge is 0.482 e. The van der Waals surface area contributed by atoms with Crippen LogP contribution in [0.15, 0.2) is 60.0 Å². The van der Waals surface area contributed by atoms with Crippen LogP contribution in [0.5, 0.6) is 11.5 Å². The molecule has 0 aliphatic rings. The van der Waals surface area contributed by atoms with Crippen LogP contribution >= 0.6 is 11.3 Å². The predicted molar refractivity (Wildman–Crippen MR) is 134 cm³/mol. The van der Waals surface area contributed by atoms with Crippen LogP contribution in [-0.2, 0) is 29.2 Å². The van der Waals surface area contributed by atoms with Gasteiger partial charge in [0.15, 0.2) is 18.2 Å². The van der Waals surface area contributed by atoms with Gasteiger partial charge in [0.1, 0.15) is 24.0 Å². The summed E-state index contributed by atoms with van der Waals surface area (Å²) in [5.74, 6) is 0.855. The van der Waals surface area contributed by atoms with Crippen molar-refractivity contribution in [3.8, 4) is 22.1 Å². The Kier molecular flexibility index (Phi) is 7.74. The van der Waals surface area contributed by atoms with Gasteiger partial charge in [0.2, 0.25) is 5.95 Å². The molecule has 2 heterocycles. The van der Waals surface area contributed by atoms with Gasteiger partial charge in [0.25, 0.3) is 0 Å². The van der Waals surface area contributed by atoms with E-state index in [1.807, 2.05) is 60.8 Å². The molecular weight excluding hydrogens is 466 g/mol. The van der Waals surface area contributed by atoms with Crippen molar-refractivity contribution < 1.29 is 19.0 Å². The first kappa shape index (κ1) is 24.0. The molecule has 10 heteroatoms. The van der Waals surface area contributed by atoms with E-state index in [-0.39, 0.29) is 31.6 Å². The molecule has 2 aromatic carbocycles. The van der Waals surface area contributed by atoms with Gasteiger partial charge in [-0.1, -0.05) is 49.4 Å². The number of aryl methyl sites for hydroxylation is 1. The number of nitrogens with two attached hydrogens (primary N) is 2. The Morgan fingerprint density at radius 2 is 1.80 bits per heavy atom. The highest BCUT2D eigenvalue weighted by Crippen LogP contribution is 2.29. The average molecular weight is 492 g/mol. The molecule has 0 saturated carbocycles. The van der Waals surface area contributed by atoms with Crippen LogP contribution in [0.3, 0.4) is 0 Å². The van der Waals surface area contributed by atoms with Crippen molar-refractivity contribution in [3.63, 3.8) is 0 Å². The van der Waals surface area contributed by atoms with Gasteiger partial charge in [-0.05, 0) is 24.1 Å². The van der Waals surface area contributed by atoms with Gasteiger partial charge in [-0.3, -0.25) is 0 Å². The summed E-state index contributed by atoms with van der Waals surface area (Å²) in [7, 11) is 0. The number of benzene rings is 2. The lowest BCUT2D eigenvalue weighted by Gasteiger charge is -2.11. The lowest BCUT2D eigenvalue weighted by molar-refractivity contribution is -0.147. The van der Waals surface area contributed by atoms with Crippen molar-refractivity contribution >= 4 is 29.1 Å². The number of thiazole rings is 1. The highest BCUT2D eigenvalue weighted by atomic mass is 32.1. The maximum Gasteiger partial charge on any atom is 0.344 e. The third kappa shape index (κ3) is 6.45. The molecule has 9 nitrogen and oxygen atoms in total. The van der Waals surface area contributed by atoms with Crippen LogP contribution < -0.4 is 20.9 Å². The number of hydrogen-bond donors (Lipinski definition) is 2. The SMILES string of the molecule is CCc1nc(N)nc(N)c1OCc1csc(-c2cccc(OCC(=O)OCc3ccccc3)c2)n1. The van der Waals surface area contributed by atoms with Crippen molar-refractivity contribution in [1.29, 1.82) is 0 Å². The topological polar surface area (TPSA) is 135 Å². The van der Waals surface area contributed by atoms with Crippen LogP contribution in [-0.4, -0.2) is 27.5 Å². The zero-order chi connectivity index (χ0) is 24.6. The average Bonchev–Trinajstić information content (AvgIpc) is 3.35. The Labute approximate surface area is 206 Å². The van der Waals surface area contributed by atoms with E-state index in [0.29, 0.717) is 23.6 Å². The fourth-order valence-corrected chi connectivity index (χ4v) is 4.03. The molecule has 0 aliphatic carbocycles. The molecule has 0 aliphatic heterocycles. The van der Waals surface area contributed by atoms with Crippen LogP contribution in [0.4, 0.5) is 11.8 Å². The second kappa shape index (κ2) is 11.3. The monoisotopic (exact) mass is 491 g/mol. The first-order valence-electron chi connectivity index (χ1n) is 10.9. The number of carbonyl (C=O) groups excluding carboxylic acids is 1. The van der Waals surface area contributed by atoms with E-state index in [0.717, 1.165) is 21.8 Å². The van der Waals surface area contributed by atoms with Crippen molar-refractivity contribution in [1.82, 2.24) is 15.0 Å². The molecule has 0 bridgehead atoms. The van der Waals surface area contributed by atoms with Crippen molar-refractivity contribution in [2.75, 3.05) is 18.1 Å². The zero-order valence-corrected chi connectivity index (χ0v) is 20.0. The number of carbonyl (C=O) groups is 1. The van der Waals surface area contributed by atoms with E-state index < -0.39 is 5.97 Å². The van der Waals surface area contributed by atoms with E-state index in [9.17, 15) is 4.79 Å². The molecule has 0 amide bonds. The quantitative estimate of drug-likeness (QED) is 0.315. The minimum atomic E-state index is -0.440. The first-order chi connectivity index (χ1) is 17.0. The molecule has 0 fully saturated rings. The molecular formula is C25H25N5O4S. The third-order valence-corrected chi connectivity index (χ3v) is 5.85. The number of aromatic nitrogens is 3. The first-order valence-corrected chi connectivity index (χ1v) is 11.8. The fraction of sp³-hybridized carbons (Fsp3) is 0.200. The maximum atomic E-state index is 12.0. The Morgan fingerprint density at radius 1 is 0.971 bits per heavy atom. The van der Waals surface area contributed by atoms with Gasteiger partial charge >= 0.3 is 5.97 Å². The van der Waals surface area contributed by atoms with E-state index in [4.69, 9.17) is 25.7 Å². The van der Waals surface area contributed by atoms with Crippen LogP contribution in [0.25, 0.3) is 10.6 Å². The standard InChI is InChI=1S/C25H25N5O4S/c1-2-20-22(23(26)30-25(27)29-20)34-13-18-15-35-24(28-18)17-9-6-10-19(11-17)32-14-21(31)33-12-16-7-4-3-5-8-16/h3-11,15H,2,12-14H2,1H3,(H4,26,27,29,30). The smallest absolute Gasteiger partial charge is 0.344 e. The molecule has 0 saturated heterocycles. The van der Waals surface area contributed by atoms with Crippen molar-refractivity contribution in [2.45, 2.75) is 26.6 Å². The lowest BCUT2D eigenvalue weighted by Crippen LogP contribution is -2.14. The number of ether oxygens (including phenoxy) is 3. The van der Waals surface area contributed by atoms with Gasteiger partial charge in [-0.15, -0.1) is 11.3 Å². The Bertz CT molecular complexity index is 1300. The molecule has 0 spiro atoms. The molecule has 0 unspecified atom stereocenters. The molecule has 0 atom stereocenters. The number of hydrogen-bond acceptors (Lipinski definition) is 10. The molecule has 35 heavy (non-hydrogen) atoms. The number of anilines is 2. The van der Waals surface area contributed by atoms with Crippen LogP contribution in [0.2, 0.25) is 0 Å². The summed E-state index contributed by atoms with van der Waals surface area (Å²) in [6.07, 6.45) is 0.612. The van der Waals surface area contributed by atoms with Gasteiger partial charge < -0.3 is 25.7 Å². The zero-order valence-electron chi connectivity index (χ0n) is 19.1. The molecule has 4 N–H and O–H groups in total. The number of nitrogens with zero attached hydrogens (tertiary/aromatic N) is 3. The predicted octanol–water partition coefficient (Wildman–Crippen LogP) is 4.03. The third-order valence-electron chi connectivity index (χ3n) is 4.91. The number of nitrogen functional groups attached to an aromatic ring is 2. The summed E-state index contributed by atoms with van der Waals surface area (Å²) in [4.78, 5) is 24.8. The second-order valence-corrected chi connectivity index (χ2v) is 8.35. The van der Waals surface area contributed by atoms with Gasteiger partial charge in [-0.2, -0.15) is 4.98 Å². The summed E-state index contributed by atoms with van der Waals surface area (Å²) in [6.45, 7) is 2.18. The Balaban J connectivity index is 1.34. The van der Waals surface area contributed by atoms with Crippen LogP contribution in [0, 0.1) is 0 Å². The van der Waals surface area contributed by atoms with E-state index >= 15 is 0 Å². The highest BCUT2D eigenvalue weighted by molar-refractivity contribution is 7.13. The summed E-state index contributed by atoms with van der Waals surface area (Å²) in [5, 5.41) is 2.70. The molecule has 4 rings (SSSR count). The Hall–Kier alpha value is -4.18. The van der Waals surface area contributed by atoms with E-state index in [1.54, 1.807) is 6.07 Å². The fourth-order valence-electron chi connectivity index (χ4n) is 3.23. The summed E-state index contributed by atoms with van der Waals surface area (Å²) >= 11 is 1.47. The second-order valence-electron chi connectivity index (χ2n) is 7.49. The van der Waals surface area contributed by atoms with Crippen molar-refractivity contribution in [3.05, 3.63) is 76.9 Å². The molecule has 0 radical (unpaired) electrons. The van der Waals surface area contributed by atoms with Gasteiger partial charge in [0.05, 0.1) is 11.4 Å². The number of rotatable bonds is 10. The minimum Gasteiger partial charge on any atom is -0.482 e. The van der Waals surface area contributed by atoms with Gasteiger partial charge in [-0.25, -0.2) is 14.8 Å². The van der Waals surface area contributed by atoms with Gasteiger partial charge in [0, 0.05) is 10.9 Å². The molecule has 2 aromatic heterocycles. The summed E-state index contributed by atoms with van der Waals surface area (Å²) < 4.78 is 16.7. The van der Waals surface area contributed by atoms with E-state index in [2.05, 4.69) is 15.0 Å². The molecule has 4 aromatic rings. The normalized spacial score (nSPS) is 10.7. The van der Waals surface area contributed by atoms with Crippen LogP contribution in [0.1, 0.15) is 23.9 Å². The summed E-state index contributed by atoms with van der Waals surface area (Å²) in [5.41, 5.74) is 14.8. The summed E-state index contributed by atoms with van der Waals surface area (Å²) in [6, 6.07) is 16.9. The maximum absolute atomic E-state index is 12.0. The Morgan fingerprint density at radius 3 is 2.60 bits per heavy atom. The van der Waals surface area contributed by atoms with Crippen molar-refractivity contribution in [2.24, 2.45) is 0 Å². The minimum absolute atomic E-state index is 0.120. The van der Waals surface area contributed by atoms with E-state index in [1.165, 1.54) is 11.3 Å².